The van der Waals surface area contributed by atoms with E-state index in [0.29, 0.717) is 6.04 Å². The maximum Gasteiger partial charge on any atom is 0.0946 e. The Balaban J connectivity index is 1.85. The third-order valence-electron chi connectivity index (χ3n) is 4.49. The van der Waals surface area contributed by atoms with Crippen LogP contribution in [0.2, 0.25) is 0 Å². The van der Waals surface area contributed by atoms with Crippen molar-refractivity contribution in [2.45, 2.75) is 46.2 Å². The second kappa shape index (κ2) is 6.72. The minimum absolute atomic E-state index is 0.260. The molecule has 1 unspecified atom stereocenters. The summed E-state index contributed by atoms with van der Waals surface area (Å²) < 4.78 is 2.18. The minimum atomic E-state index is 0.260. The fourth-order valence-corrected chi connectivity index (χ4v) is 2.83. The van der Waals surface area contributed by atoms with Crippen LogP contribution in [0.3, 0.4) is 0 Å². The molecular formula is C16H30N4. The molecular weight excluding hydrogens is 248 g/mol. The molecule has 2 rings (SSSR count). The van der Waals surface area contributed by atoms with Gasteiger partial charge in [0.05, 0.1) is 6.33 Å². The van der Waals surface area contributed by atoms with E-state index in [2.05, 4.69) is 53.8 Å². The number of hydrogen-bond acceptors (Lipinski definition) is 3. The van der Waals surface area contributed by atoms with Crippen molar-refractivity contribution in [3.63, 3.8) is 0 Å². The summed E-state index contributed by atoms with van der Waals surface area (Å²) in [4.78, 5) is 6.58. The molecule has 20 heavy (non-hydrogen) atoms. The largest absolute Gasteiger partial charge is 0.336 e. The first-order chi connectivity index (χ1) is 9.45. The molecule has 1 aliphatic heterocycles. The molecule has 1 N–H and O–H groups in total. The second-order valence-electron chi connectivity index (χ2n) is 7.33. The van der Waals surface area contributed by atoms with Crippen LogP contribution in [0.15, 0.2) is 18.7 Å². The molecule has 0 aliphatic carbocycles. The van der Waals surface area contributed by atoms with Crippen molar-refractivity contribution >= 4 is 0 Å². The van der Waals surface area contributed by atoms with Crippen LogP contribution in [0.25, 0.3) is 0 Å². The predicted molar refractivity (Wildman–Crippen MR) is 83.7 cm³/mol. The van der Waals surface area contributed by atoms with E-state index in [9.17, 15) is 0 Å². The van der Waals surface area contributed by atoms with Gasteiger partial charge in [-0.2, -0.15) is 0 Å². The number of hydrogen-bond donors (Lipinski definition) is 1. The minimum Gasteiger partial charge on any atom is -0.336 e. The normalized spacial score (nSPS) is 20.2. The number of nitrogens with one attached hydrogen (secondary N) is 1. The van der Waals surface area contributed by atoms with Gasteiger partial charge >= 0.3 is 0 Å². The molecule has 0 radical (unpaired) electrons. The molecule has 1 aromatic rings. The van der Waals surface area contributed by atoms with Gasteiger partial charge in [-0.25, -0.2) is 4.98 Å². The van der Waals surface area contributed by atoms with Gasteiger partial charge in [0, 0.05) is 25.0 Å². The van der Waals surface area contributed by atoms with E-state index >= 15 is 0 Å². The van der Waals surface area contributed by atoms with E-state index in [0.717, 1.165) is 19.0 Å². The first-order valence-electron chi connectivity index (χ1n) is 7.83. The Bertz CT molecular complexity index is 372. The lowest BCUT2D eigenvalue weighted by Gasteiger charge is -2.35. The van der Waals surface area contributed by atoms with Gasteiger partial charge < -0.3 is 14.8 Å². The number of piperidine rings is 1. The summed E-state index contributed by atoms with van der Waals surface area (Å²) in [5.41, 5.74) is 0.260. The number of nitrogens with zero attached hydrogens (tertiary/aromatic N) is 3. The van der Waals surface area contributed by atoms with Gasteiger partial charge in [0.25, 0.3) is 0 Å². The third-order valence-corrected chi connectivity index (χ3v) is 4.49. The predicted octanol–water partition coefficient (Wildman–Crippen LogP) is 2.23. The number of rotatable bonds is 5. The molecule has 1 fully saturated rings. The Kier molecular flexibility index (Phi) is 5.22. The number of imidazole rings is 1. The van der Waals surface area contributed by atoms with Crippen LogP contribution in [-0.2, 0) is 6.54 Å². The maximum atomic E-state index is 4.15. The zero-order chi connectivity index (χ0) is 14.6. The Labute approximate surface area is 123 Å². The Morgan fingerprint density at radius 3 is 2.55 bits per heavy atom. The van der Waals surface area contributed by atoms with Gasteiger partial charge in [-0.1, -0.05) is 20.8 Å². The average molecular weight is 278 g/mol. The van der Waals surface area contributed by atoms with Gasteiger partial charge in [-0.3, -0.25) is 0 Å². The van der Waals surface area contributed by atoms with Gasteiger partial charge in [0.15, 0.2) is 0 Å². The molecule has 2 heterocycles. The molecule has 0 aromatic carbocycles. The molecule has 114 valence electrons. The summed E-state index contributed by atoms with van der Waals surface area (Å²) in [5.74, 6) is 0.832. The standard InChI is InChI=1S/C16H30N4/c1-16(2,3)15(12-20-10-7-17-13-20)18-11-14-5-8-19(4)9-6-14/h7,10,13-15,18H,5-6,8-9,11-12H2,1-4H3. The molecule has 1 aromatic heterocycles. The molecule has 0 bridgehead atoms. The van der Waals surface area contributed by atoms with Crippen LogP contribution in [0.5, 0.6) is 0 Å². The molecule has 4 heteroatoms. The Hall–Kier alpha value is -0.870. The fraction of sp³-hybridized carbons (Fsp3) is 0.812. The quantitative estimate of drug-likeness (QED) is 0.896. The van der Waals surface area contributed by atoms with Crippen LogP contribution in [0.4, 0.5) is 0 Å². The van der Waals surface area contributed by atoms with Crippen LogP contribution in [0.1, 0.15) is 33.6 Å². The molecule has 1 saturated heterocycles. The molecule has 0 spiro atoms. The zero-order valence-corrected chi connectivity index (χ0v) is 13.5. The topological polar surface area (TPSA) is 33.1 Å². The summed E-state index contributed by atoms with van der Waals surface area (Å²) in [6, 6.07) is 0.483. The number of likely N-dealkylation sites (tertiary alicyclic amines) is 1. The van der Waals surface area contributed by atoms with Crippen molar-refractivity contribution in [1.29, 1.82) is 0 Å². The van der Waals surface area contributed by atoms with E-state index in [1.54, 1.807) is 0 Å². The van der Waals surface area contributed by atoms with E-state index in [1.165, 1.54) is 25.9 Å². The smallest absolute Gasteiger partial charge is 0.0946 e. The highest BCUT2D eigenvalue weighted by Crippen LogP contribution is 2.22. The van der Waals surface area contributed by atoms with E-state index in [4.69, 9.17) is 0 Å². The van der Waals surface area contributed by atoms with E-state index < -0.39 is 0 Å². The van der Waals surface area contributed by atoms with Crippen LogP contribution >= 0.6 is 0 Å². The summed E-state index contributed by atoms with van der Waals surface area (Å²) in [6.45, 7) is 11.6. The van der Waals surface area contributed by atoms with Gasteiger partial charge in [0.2, 0.25) is 0 Å². The maximum absolute atomic E-state index is 4.15. The van der Waals surface area contributed by atoms with Crippen molar-refractivity contribution in [2.75, 3.05) is 26.7 Å². The lowest BCUT2D eigenvalue weighted by molar-refractivity contribution is 0.188. The lowest BCUT2D eigenvalue weighted by Crippen LogP contribution is -2.46. The average Bonchev–Trinajstić information content (AvgIpc) is 2.88. The van der Waals surface area contributed by atoms with Gasteiger partial charge in [-0.15, -0.1) is 0 Å². The van der Waals surface area contributed by atoms with E-state index in [-0.39, 0.29) is 5.41 Å². The van der Waals surface area contributed by atoms with Crippen molar-refractivity contribution in [1.82, 2.24) is 19.8 Å². The highest BCUT2D eigenvalue weighted by molar-refractivity contribution is 4.85. The summed E-state index contributed by atoms with van der Waals surface area (Å²) >= 11 is 0. The van der Waals surface area contributed by atoms with Crippen LogP contribution in [0, 0.1) is 11.3 Å². The van der Waals surface area contributed by atoms with Crippen molar-refractivity contribution in [3.05, 3.63) is 18.7 Å². The molecule has 0 saturated carbocycles. The monoisotopic (exact) mass is 278 g/mol. The lowest BCUT2D eigenvalue weighted by atomic mass is 9.86. The Morgan fingerprint density at radius 2 is 2.00 bits per heavy atom. The third kappa shape index (κ3) is 4.60. The van der Waals surface area contributed by atoms with Gasteiger partial charge in [-0.05, 0) is 50.9 Å². The highest BCUT2D eigenvalue weighted by Gasteiger charge is 2.26. The van der Waals surface area contributed by atoms with E-state index in [1.807, 2.05) is 12.5 Å². The summed E-state index contributed by atoms with van der Waals surface area (Å²) in [5, 5.41) is 3.82. The Morgan fingerprint density at radius 1 is 1.30 bits per heavy atom. The second-order valence-corrected chi connectivity index (χ2v) is 7.33. The van der Waals surface area contributed by atoms with Crippen LogP contribution < -0.4 is 5.32 Å². The summed E-state index contributed by atoms with van der Waals surface area (Å²) in [7, 11) is 2.22. The van der Waals surface area contributed by atoms with Crippen molar-refractivity contribution in [3.8, 4) is 0 Å². The molecule has 1 atom stereocenters. The van der Waals surface area contributed by atoms with Crippen LogP contribution in [-0.4, -0.2) is 47.2 Å². The molecule has 1 aliphatic rings. The van der Waals surface area contributed by atoms with Crippen molar-refractivity contribution in [2.24, 2.45) is 11.3 Å². The molecule has 4 nitrogen and oxygen atoms in total. The number of aromatic nitrogens is 2. The first-order valence-corrected chi connectivity index (χ1v) is 7.83. The highest BCUT2D eigenvalue weighted by atomic mass is 15.1. The van der Waals surface area contributed by atoms with Gasteiger partial charge in [0.1, 0.15) is 0 Å². The summed E-state index contributed by atoms with van der Waals surface area (Å²) in [6.07, 6.45) is 8.47. The molecule has 0 amide bonds. The van der Waals surface area contributed by atoms with Crippen molar-refractivity contribution < 1.29 is 0 Å². The SMILES string of the molecule is CN1CCC(CNC(Cn2ccnc2)C(C)(C)C)CC1. The fourth-order valence-electron chi connectivity index (χ4n) is 2.83. The zero-order valence-electron chi connectivity index (χ0n) is 13.5. The first kappa shape index (κ1) is 15.5.